The zero-order valence-corrected chi connectivity index (χ0v) is 29.8. The van der Waals surface area contributed by atoms with Crippen molar-refractivity contribution in [1.82, 2.24) is 30.2 Å². The number of rotatable bonds is 8. The molecule has 4 rings (SSSR count). The van der Waals surface area contributed by atoms with Crippen LogP contribution in [0.2, 0.25) is 0 Å². The van der Waals surface area contributed by atoms with Crippen LogP contribution in [-0.4, -0.2) is 107 Å². The van der Waals surface area contributed by atoms with E-state index in [1.807, 2.05) is 20.8 Å². The summed E-state index contributed by atoms with van der Waals surface area (Å²) in [5.74, 6) is -1.86. The second-order valence-electron chi connectivity index (χ2n) is 13.4. The molecule has 2 N–H and O–H groups in total. The number of ether oxygens (including phenoxy) is 3. The fourth-order valence-corrected chi connectivity index (χ4v) is 6.23. The first kappa shape index (κ1) is 37.2. The maximum atomic E-state index is 14.2. The summed E-state index contributed by atoms with van der Waals surface area (Å²) >= 11 is 0. The average Bonchev–Trinajstić information content (AvgIpc) is 3.72. The van der Waals surface area contributed by atoms with Crippen molar-refractivity contribution >= 4 is 29.6 Å². The first-order valence-corrected chi connectivity index (χ1v) is 17.0. The summed E-state index contributed by atoms with van der Waals surface area (Å²) in [5, 5.41) is 10.5. The summed E-state index contributed by atoms with van der Waals surface area (Å²) in [6.07, 6.45) is 0.367. The predicted octanol–water partition coefficient (Wildman–Crippen LogP) is 2.44. The average molecular weight is 683 g/mol. The highest BCUT2D eigenvalue weighted by atomic mass is 16.5. The molecular weight excluding hydrogens is 632 g/mol. The van der Waals surface area contributed by atoms with Crippen molar-refractivity contribution in [2.75, 3.05) is 33.9 Å². The van der Waals surface area contributed by atoms with Gasteiger partial charge in [0.25, 0.3) is 17.7 Å². The van der Waals surface area contributed by atoms with E-state index < -0.39 is 53.8 Å². The normalized spacial score (nSPS) is 21.9. The smallest absolute Gasteiger partial charge is 0.328 e. The maximum absolute atomic E-state index is 14.2. The van der Waals surface area contributed by atoms with Gasteiger partial charge in [0.05, 0.1) is 32.5 Å². The Morgan fingerprint density at radius 3 is 2.45 bits per heavy atom. The van der Waals surface area contributed by atoms with Gasteiger partial charge in [-0.3, -0.25) is 23.9 Å². The van der Waals surface area contributed by atoms with E-state index in [-0.39, 0.29) is 36.1 Å². The third-order valence-electron chi connectivity index (χ3n) is 8.90. The number of fused-ring (bicyclic) bond motifs is 2. The van der Waals surface area contributed by atoms with Gasteiger partial charge in [0.2, 0.25) is 5.91 Å². The van der Waals surface area contributed by atoms with E-state index in [1.54, 1.807) is 29.8 Å². The monoisotopic (exact) mass is 682 g/mol. The Balaban J connectivity index is 1.77. The van der Waals surface area contributed by atoms with Gasteiger partial charge in [0.1, 0.15) is 11.7 Å². The van der Waals surface area contributed by atoms with Crippen LogP contribution in [0.5, 0.6) is 11.5 Å². The van der Waals surface area contributed by atoms with Gasteiger partial charge >= 0.3 is 5.97 Å². The molecule has 2 aliphatic rings. The third-order valence-corrected chi connectivity index (χ3v) is 8.90. The minimum atomic E-state index is -1.32. The van der Waals surface area contributed by atoms with Crippen molar-refractivity contribution < 1.29 is 38.2 Å². The molecule has 49 heavy (non-hydrogen) atoms. The Bertz CT molecular complexity index is 1540. The van der Waals surface area contributed by atoms with Gasteiger partial charge in [-0.2, -0.15) is 5.10 Å². The van der Waals surface area contributed by atoms with Gasteiger partial charge in [-0.1, -0.05) is 27.7 Å². The highest BCUT2D eigenvalue weighted by Crippen LogP contribution is 2.31. The zero-order chi connectivity index (χ0) is 36.0. The Morgan fingerprint density at radius 2 is 1.82 bits per heavy atom. The molecule has 0 saturated carbocycles. The molecular formula is C35H50N6O8. The summed E-state index contributed by atoms with van der Waals surface area (Å²) in [4.78, 5) is 71.2. The molecule has 14 heteroatoms. The lowest BCUT2D eigenvalue weighted by Crippen LogP contribution is -2.57. The van der Waals surface area contributed by atoms with Crippen molar-refractivity contribution in [2.24, 2.45) is 11.8 Å². The third kappa shape index (κ3) is 8.70. The number of hydrogen-bond acceptors (Lipinski definition) is 9. The minimum Gasteiger partial charge on any atom is -0.493 e. The quantitative estimate of drug-likeness (QED) is 0.399. The molecule has 1 saturated heterocycles. The van der Waals surface area contributed by atoms with Crippen LogP contribution < -0.4 is 20.1 Å². The zero-order valence-electron chi connectivity index (χ0n) is 29.8. The molecule has 4 atom stereocenters. The number of hydrogen-bond donors (Lipinski definition) is 2. The number of benzene rings is 1. The number of esters is 1. The number of carbonyl (C=O) groups excluding carboxylic acids is 5. The Hall–Kier alpha value is -4.62. The van der Waals surface area contributed by atoms with Crippen LogP contribution in [0.15, 0.2) is 24.3 Å². The Morgan fingerprint density at radius 1 is 1.08 bits per heavy atom. The van der Waals surface area contributed by atoms with E-state index in [9.17, 15) is 24.0 Å². The minimum absolute atomic E-state index is 0.0366. The molecule has 3 heterocycles. The number of aryl methyl sites for hydroxylation is 1. The summed E-state index contributed by atoms with van der Waals surface area (Å²) in [5.41, 5.74) is 1.36. The summed E-state index contributed by atoms with van der Waals surface area (Å²) in [6.45, 7) is 11.9. The van der Waals surface area contributed by atoms with Gasteiger partial charge in [-0.15, -0.1) is 0 Å². The second-order valence-corrected chi connectivity index (χ2v) is 13.4. The van der Waals surface area contributed by atoms with E-state index in [0.717, 1.165) is 5.69 Å². The van der Waals surface area contributed by atoms with Crippen LogP contribution in [0.3, 0.4) is 0 Å². The van der Waals surface area contributed by atoms with Crippen molar-refractivity contribution in [1.29, 1.82) is 0 Å². The van der Waals surface area contributed by atoms with Gasteiger partial charge < -0.3 is 34.6 Å². The molecule has 1 aromatic heterocycles. The van der Waals surface area contributed by atoms with Crippen LogP contribution in [0.1, 0.15) is 80.9 Å². The number of methoxy groups -OCH3 is 2. The van der Waals surface area contributed by atoms with E-state index >= 15 is 0 Å². The maximum Gasteiger partial charge on any atom is 0.328 e. The van der Waals surface area contributed by atoms with Gasteiger partial charge in [-0.25, -0.2) is 4.79 Å². The summed E-state index contributed by atoms with van der Waals surface area (Å²) < 4.78 is 18.4. The molecule has 1 fully saturated rings. The highest BCUT2D eigenvalue weighted by molar-refractivity contribution is 5.97. The predicted molar refractivity (Wildman–Crippen MR) is 180 cm³/mol. The number of aromatic nitrogens is 2. The van der Waals surface area contributed by atoms with Crippen LogP contribution in [0.25, 0.3) is 0 Å². The SMILES string of the molecule is CCn1nc(CC(C)C)cc1C(=O)N1CC(=O)N[C@@H](C)[C@H](C(=O)N2CCC[C@@H]2C(=O)OC)Oc2cc(ccc2OC)C(=O)N[C@@H](C(C)C)C1. The molecule has 1 aromatic carbocycles. The lowest BCUT2D eigenvalue weighted by Gasteiger charge is -2.33. The topological polar surface area (TPSA) is 161 Å². The van der Waals surface area contributed by atoms with Crippen molar-refractivity contribution in [2.45, 2.75) is 91.6 Å². The van der Waals surface area contributed by atoms with Crippen LogP contribution in [0.4, 0.5) is 0 Å². The highest BCUT2D eigenvalue weighted by Gasteiger charge is 2.42. The second kappa shape index (κ2) is 16.2. The molecule has 2 bridgehead atoms. The van der Waals surface area contributed by atoms with E-state index in [0.29, 0.717) is 44.0 Å². The van der Waals surface area contributed by atoms with Crippen molar-refractivity contribution in [3.63, 3.8) is 0 Å². The molecule has 268 valence electrons. The number of nitrogens with zero attached hydrogens (tertiary/aromatic N) is 4. The molecule has 0 unspecified atom stereocenters. The number of nitrogens with one attached hydrogen (secondary N) is 2. The van der Waals surface area contributed by atoms with Crippen molar-refractivity contribution in [3.8, 4) is 11.5 Å². The Kier molecular flexibility index (Phi) is 12.3. The van der Waals surface area contributed by atoms with Crippen LogP contribution >= 0.6 is 0 Å². The molecule has 0 spiro atoms. The molecule has 14 nitrogen and oxygen atoms in total. The molecule has 0 radical (unpaired) electrons. The fraction of sp³-hybridized carbons (Fsp3) is 0.600. The van der Waals surface area contributed by atoms with Crippen molar-refractivity contribution in [3.05, 3.63) is 41.2 Å². The van der Waals surface area contributed by atoms with E-state index in [4.69, 9.17) is 14.2 Å². The molecule has 0 aliphatic carbocycles. The van der Waals surface area contributed by atoms with Crippen LogP contribution in [0, 0.1) is 11.8 Å². The fourth-order valence-electron chi connectivity index (χ4n) is 6.23. The first-order valence-electron chi connectivity index (χ1n) is 17.0. The number of carbonyl (C=O) groups is 5. The van der Waals surface area contributed by atoms with E-state index in [2.05, 4.69) is 29.6 Å². The first-order chi connectivity index (χ1) is 23.3. The van der Waals surface area contributed by atoms with Gasteiger partial charge in [-0.05, 0) is 69.2 Å². The van der Waals surface area contributed by atoms with Gasteiger partial charge in [0.15, 0.2) is 17.6 Å². The largest absolute Gasteiger partial charge is 0.493 e. The number of amides is 4. The van der Waals surface area contributed by atoms with E-state index in [1.165, 1.54) is 30.1 Å². The lowest BCUT2D eigenvalue weighted by atomic mass is 10.0. The lowest BCUT2D eigenvalue weighted by molar-refractivity contribution is -0.154. The number of likely N-dealkylation sites (tertiary alicyclic amines) is 1. The van der Waals surface area contributed by atoms with Crippen LogP contribution in [-0.2, 0) is 32.1 Å². The summed E-state index contributed by atoms with van der Waals surface area (Å²) in [6, 6.07) is 4.13. The molecule has 4 amide bonds. The Labute approximate surface area is 287 Å². The van der Waals surface area contributed by atoms with Gasteiger partial charge in [0, 0.05) is 31.2 Å². The molecule has 2 aromatic rings. The molecule has 2 aliphatic heterocycles. The standard InChI is InChI=1S/C35H50N6O8/c1-9-41-27(17-24(38-41)15-20(2)3)33(44)39-18-25(21(4)5)37-32(43)23-12-13-28(47-7)29(16-23)49-31(22(6)36-30(42)19-39)34(45)40-14-10-11-26(40)35(46)48-8/h12-13,16-17,20-22,25-26,31H,9-11,14-15,18-19H2,1-8H3,(H,36,42)(H,37,43)/t22-,25+,26+,31+/m0/s1. The summed E-state index contributed by atoms with van der Waals surface area (Å²) in [7, 11) is 2.70.